The molecule has 4 fully saturated rings. The van der Waals surface area contributed by atoms with Crippen molar-refractivity contribution in [1.82, 2.24) is 0 Å². The van der Waals surface area contributed by atoms with Gasteiger partial charge in [-0.3, -0.25) is 9.59 Å². The Morgan fingerprint density at radius 1 is 0.750 bits per heavy atom. The van der Waals surface area contributed by atoms with Gasteiger partial charge in [0, 0.05) is 12.8 Å². The number of ether oxygens (including phenoxy) is 2. The van der Waals surface area contributed by atoms with E-state index in [0.29, 0.717) is 48.3 Å². The van der Waals surface area contributed by atoms with Crippen LogP contribution in [0.3, 0.4) is 0 Å². The van der Waals surface area contributed by atoms with Gasteiger partial charge in [0.2, 0.25) is 0 Å². The van der Waals surface area contributed by atoms with Gasteiger partial charge >= 0.3 is 11.9 Å². The molecule has 2 aliphatic carbocycles. The molecule has 4 atom stereocenters. The van der Waals surface area contributed by atoms with Crippen molar-refractivity contribution in [1.29, 1.82) is 0 Å². The Morgan fingerprint density at radius 3 is 1.30 bits per heavy atom. The number of carboxylic acid groups (broad SMARTS) is 2. The molecule has 2 heterocycles. The molecule has 20 heavy (non-hydrogen) atoms. The van der Waals surface area contributed by atoms with Crippen molar-refractivity contribution < 1.29 is 29.3 Å². The van der Waals surface area contributed by atoms with Crippen molar-refractivity contribution >= 4 is 11.9 Å². The zero-order chi connectivity index (χ0) is 14.3. The molecule has 6 heteroatoms. The summed E-state index contributed by atoms with van der Waals surface area (Å²) in [6, 6.07) is 0. The van der Waals surface area contributed by atoms with Crippen LogP contribution in [0.15, 0.2) is 0 Å². The Bertz CT molecular complexity index is 350. The normalized spacial score (nSPS) is 43.0. The summed E-state index contributed by atoms with van der Waals surface area (Å²) in [4.78, 5) is 20.5. The molecule has 112 valence electrons. The van der Waals surface area contributed by atoms with Gasteiger partial charge in [-0.2, -0.15) is 0 Å². The van der Waals surface area contributed by atoms with Crippen LogP contribution in [0, 0.1) is 35.5 Å². The molecule has 4 aliphatic rings. The van der Waals surface area contributed by atoms with Gasteiger partial charge in [-0.25, -0.2) is 0 Å². The predicted molar refractivity (Wildman–Crippen MR) is 67.1 cm³/mol. The monoisotopic (exact) mass is 284 g/mol. The van der Waals surface area contributed by atoms with E-state index >= 15 is 0 Å². The standard InChI is InChI=1S/2C7H10O3/c2*8-7(9)1-4-5-2-10-3-6(4)5/h2*4-6H,1-3H2,(H,8,9)/t2*5-,6-/m10/s1. The first-order valence-electron chi connectivity index (χ1n) is 7.17. The van der Waals surface area contributed by atoms with Crippen LogP contribution in [0.25, 0.3) is 0 Å². The fraction of sp³-hybridized carbons (Fsp3) is 0.857. The average Bonchev–Trinajstić information content (AvgIpc) is 3.06. The lowest BCUT2D eigenvalue weighted by Crippen LogP contribution is -2.03. The molecule has 0 aromatic heterocycles. The topological polar surface area (TPSA) is 93.1 Å². The summed E-state index contributed by atoms with van der Waals surface area (Å²) in [5, 5.41) is 16.9. The number of rotatable bonds is 4. The van der Waals surface area contributed by atoms with Gasteiger partial charge in [0.1, 0.15) is 0 Å². The highest BCUT2D eigenvalue weighted by molar-refractivity contribution is 5.68. The minimum absolute atomic E-state index is 0.346. The zero-order valence-corrected chi connectivity index (χ0v) is 11.2. The maximum Gasteiger partial charge on any atom is 0.303 e. The van der Waals surface area contributed by atoms with Crippen molar-refractivity contribution in [3.05, 3.63) is 0 Å². The molecule has 0 amide bonds. The molecular weight excluding hydrogens is 264 g/mol. The first-order valence-corrected chi connectivity index (χ1v) is 7.17. The fourth-order valence-electron chi connectivity index (χ4n) is 3.73. The number of hydrogen-bond acceptors (Lipinski definition) is 4. The van der Waals surface area contributed by atoms with Crippen LogP contribution in [-0.4, -0.2) is 48.6 Å². The first kappa shape index (κ1) is 13.8. The second-order valence-electron chi connectivity index (χ2n) is 6.25. The molecule has 4 rings (SSSR count). The molecule has 2 aliphatic heterocycles. The third-order valence-electron chi connectivity index (χ3n) is 5.08. The van der Waals surface area contributed by atoms with Gasteiger partial charge in [-0.1, -0.05) is 0 Å². The quantitative estimate of drug-likeness (QED) is 0.789. The van der Waals surface area contributed by atoms with Crippen molar-refractivity contribution in [2.75, 3.05) is 26.4 Å². The van der Waals surface area contributed by atoms with Crippen molar-refractivity contribution in [3.8, 4) is 0 Å². The maximum atomic E-state index is 10.2. The van der Waals surface area contributed by atoms with Gasteiger partial charge in [-0.15, -0.1) is 0 Å². The number of fused-ring (bicyclic) bond motifs is 2. The fourth-order valence-corrected chi connectivity index (χ4v) is 3.73. The van der Waals surface area contributed by atoms with Crippen LogP contribution in [0.4, 0.5) is 0 Å². The lowest BCUT2D eigenvalue weighted by Gasteiger charge is -1.98. The van der Waals surface area contributed by atoms with Crippen LogP contribution in [0.5, 0.6) is 0 Å². The van der Waals surface area contributed by atoms with E-state index in [9.17, 15) is 9.59 Å². The highest BCUT2D eigenvalue weighted by atomic mass is 16.5. The summed E-state index contributed by atoms with van der Waals surface area (Å²) < 4.78 is 10.3. The van der Waals surface area contributed by atoms with Gasteiger partial charge in [0.25, 0.3) is 0 Å². The van der Waals surface area contributed by atoms with Gasteiger partial charge in [0.05, 0.1) is 26.4 Å². The molecule has 2 saturated heterocycles. The molecule has 0 radical (unpaired) electrons. The number of carbonyl (C=O) groups is 2. The Hall–Kier alpha value is -1.14. The summed E-state index contributed by atoms with van der Waals surface area (Å²) in [6.45, 7) is 3.18. The highest BCUT2D eigenvalue weighted by Gasteiger charge is 2.54. The van der Waals surface area contributed by atoms with E-state index in [4.69, 9.17) is 19.7 Å². The zero-order valence-electron chi connectivity index (χ0n) is 11.2. The van der Waals surface area contributed by atoms with E-state index in [1.54, 1.807) is 0 Å². The molecule has 0 spiro atoms. The predicted octanol–water partition coefficient (Wildman–Crippen LogP) is 0.707. The van der Waals surface area contributed by atoms with Crippen molar-refractivity contribution in [3.63, 3.8) is 0 Å². The second-order valence-corrected chi connectivity index (χ2v) is 6.25. The summed E-state index contributed by atoms with van der Waals surface area (Å²) in [5.74, 6) is 1.86. The summed E-state index contributed by atoms with van der Waals surface area (Å²) in [5.41, 5.74) is 0. The summed E-state index contributed by atoms with van der Waals surface area (Å²) in [7, 11) is 0. The lowest BCUT2D eigenvalue weighted by atomic mass is 10.2. The number of aliphatic carboxylic acids is 2. The van der Waals surface area contributed by atoms with E-state index in [2.05, 4.69) is 0 Å². The van der Waals surface area contributed by atoms with Crippen LogP contribution < -0.4 is 0 Å². The van der Waals surface area contributed by atoms with Crippen LogP contribution >= 0.6 is 0 Å². The molecule has 0 aromatic carbocycles. The van der Waals surface area contributed by atoms with Crippen molar-refractivity contribution in [2.45, 2.75) is 12.8 Å². The molecule has 0 aromatic rings. The third kappa shape index (κ3) is 2.81. The van der Waals surface area contributed by atoms with Crippen LogP contribution in [0.2, 0.25) is 0 Å². The third-order valence-corrected chi connectivity index (χ3v) is 5.08. The molecule has 2 saturated carbocycles. The first-order chi connectivity index (χ1) is 9.58. The van der Waals surface area contributed by atoms with Crippen LogP contribution in [0.1, 0.15) is 12.8 Å². The van der Waals surface area contributed by atoms with Gasteiger partial charge < -0.3 is 19.7 Å². The lowest BCUT2D eigenvalue weighted by molar-refractivity contribution is -0.138. The average molecular weight is 284 g/mol. The Labute approximate surface area is 117 Å². The Kier molecular flexibility index (Phi) is 3.69. The SMILES string of the molecule is O=C(O)CC1[C@@H]2COC[C@@H]12.O=C(O)CC1[C@H]2COC[C@H]12. The van der Waals surface area contributed by atoms with E-state index in [0.717, 1.165) is 26.4 Å². The molecule has 0 unspecified atom stereocenters. The largest absolute Gasteiger partial charge is 0.481 e. The molecule has 6 nitrogen and oxygen atoms in total. The van der Waals surface area contributed by atoms with Gasteiger partial charge in [-0.05, 0) is 35.5 Å². The smallest absolute Gasteiger partial charge is 0.303 e. The highest BCUT2D eigenvalue weighted by Crippen LogP contribution is 2.53. The number of carboxylic acids is 2. The van der Waals surface area contributed by atoms with E-state index in [1.165, 1.54) is 0 Å². The summed E-state index contributed by atoms with van der Waals surface area (Å²) >= 11 is 0. The molecule has 2 N–H and O–H groups in total. The Balaban J connectivity index is 0.000000121. The van der Waals surface area contributed by atoms with Gasteiger partial charge in [0.15, 0.2) is 0 Å². The van der Waals surface area contributed by atoms with E-state index in [1.807, 2.05) is 0 Å². The second kappa shape index (κ2) is 5.33. The minimum atomic E-state index is -0.667. The minimum Gasteiger partial charge on any atom is -0.481 e. The van der Waals surface area contributed by atoms with E-state index in [-0.39, 0.29) is 0 Å². The summed E-state index contributed by atoms with van der Waals surface area (Å²) in [6.07, 6.45) is 0.692. The van der Waals surface area contributed by atoms with Crippen LogP contribution in [-0.2, 0) is 19.1 Å². The van der Waals surface area contributed by atoms with Crippen molar-refractivity contribution in [2.24, 2.45) is 35.5 Å². The molecule has 0 bridgehead atoms. The number of hydrogen-bond donors (Lipinski definition) is 2. The Morgan fingerprint density at radius 2 is 1.05 bits per heavy atom. The van der Waals surface area contributed by atoms with E-state index < -0.39 is 11.9 Å². The maximum absolute atomic E-state index is 10.2. The molecular formula is C14H20O6.